The van der Waals surface area contributed by atoms with Crippen LogP contribution in [0.1, 0.15) is 36.1 Å². The first-order chi connectivity index (χ1) is 14.3. The molecule has 29 heavy (non-hydrogen) atoms. The van der Waals surface area contributed by atoms with Crippen molar-refractivity contribution in [2.75, 3.05) is 6.61 Å². The molecule has 4 heteroatoms. The lowest BCUT2D eigenvalue weighted by atomic mass is 9.99. The number of ether oxygens (including phenoxy) is 1. The number of rotatable bonds is 3. The van der Waals surface area contributed by atoms with Gasteiger partial charge in [-0.15, -0.1) is 0 Å². The molecule has 1 saturated carbocycles. The fourth-order valence-electron chi connectivity index (χ4n) is 4.51. The molecule has 0 bridgehead atoms. The van der Waals surface area contributed by atoms with Crippen molar-refractivity contribution in [3.63, 3.8) is 0 Å². The summed E-state index contributed by atoms with van der Waals surface area (Å²) in [4.78, 5) is 18.3. The Morgan fingerprint density at radius 1 is 0.966 bits per heavy atom. The molecule has 1 fully saturated rings. The summed E-state index contributed by atoms with van der Waals surface area (Å²) in [5.41, 5.74) is 4.27. The van der Waals surface area contributed by atoms with E-state index >= 15 is 0 Å². The fraction of sp³-hybridized carbons (Fsp3) is 0.200. The summed E-state index contributed by atoms with van der Waals surface area (Å²) in [5.74, 6) is 0.288. The Morgan fingerprint density at radius 2 is 1.86 bits per heavy atom. The average molecular weight is 380 g/mol. The number of nitrogens with zero attached hydrogens (tertiary/aromatic N) is 2. The largest absolute Gasteiger partial charge is 0.501 e. The first-order valence-electron chi connectivity index (χ1n) is 10.1. The van der Waals surface area contributed by atoms with Gasteiger partial charge < -0.3 is 9.30 Å². The molecule has 3 heterocycles. The molecule has 6 rings (SSSR count). The van der Waals surface area contributed by atoms with E-state index in [1.54, 1.807) is 6.26 Å². The lowest BCUT2D eigenvalue weighted by Gasteiger charge is -2.11. The van der Waals surface area contributed by atoms with E-state index in [1.165, 1.54) is 0 Å². The lowest BCUT2D eigenvalue weighted by molar-refractivity contribution is 0.281. The van der Waals surface area contributed by atoms with Crippen molar-refractivity contribution < 1.29 is 4.74 Å². The van der Waals surface area contributed by atoms with E-state index in [4.69, 9.17) is 9.72 Å². The van der Waals surface area contributed by atoms with Crippen molar-refractivity contribution in [2.24, 2.45) is 0 Å². The van der Waals surface area contributed by atoms with Gasteiger partial charge in [0.2, 0.25) is 0 Å². The van der Waals surface area contributed by atoms with Crippen molar-refractivity contribution in [1.82, 2.24) is 9.55 Å². The number of para-hydroxylation sites is 1. The van der Waals surface area contributed by atoms with E-state index in [9.17, 15) is 4.79 Å². The second-order valence-electron chi connectivity index (χ2n) is 7.90. The number of pyridine rings is 2. The monoisotopic (exact) mass is 380 g/mol. The molecular formula is C25H20N2O2. The first kappa shape index (κ1) is 16.5. The van der Waals surface area contributed by atoms with Crippen LogP contribution in [0.4, 0.5) is 0 Å². The predicted octanol–water partition coefficient (Wildman–Crippen LogP) is 5.04. The normalized spacial score (nSPS) is 20.6. The van der Waals surface area contributed by atoms with E-state index in [0.29, 0.717) is 6.61 Å². The van der Waals surface area contributed by atoms with Gasteiger partial charge >= 0.3 is 0 Å². The van der Waals surface area contributed by atoms with Crippen LogP contribution in [0.3, 0.4) is 0 Å². The zero-order valence-corrected chi connectivity index (χ0v) is 15.9. The summed E-state index contributed by atoms with van der Waals surface area (Å²) in [6, 6.07) is 20.7. The molecule has 0 unspecified atom stereocenters. The van der Waals surface area contributed by atoms with Crippen LogP contribution in [0, 0.1) is 0 Å². The van der Waals surface area contributed by atoms with Crippen molar-refractivity contribution in [3.8, 4) is 0 Å². The smallest absolute Gasteiger partial charge is 0.259 e. The third-order valence-corrected chi connectivity index (χ3v) is 6.13. The molecule has 142 valence electrons. The maximum absolute atomic E-state index is 13.5. The molecule has 0 saturated heterocycles. The van der Waals surface area contributed by atoms with Crippen LogP contribution < -0.4 is 5.56 Å². The Balaban J connectivity index is 1.41. The lowest BCUT2D eigenvalue weighted by Crippen LogP contribution is -2.20. The van der Waals surface area contributed by atoms with Crippen LogP contribution in [0.25, 0.3) is 27.2 Å². The van der Waals surface area contributed by atoms with Gasteiger partial charge in [0.15, 0.2) is 0 Å². The third kappa shape index (κ3) is 2.67. The topological polar surface area (TPSA) is 44.1 Å². The van der Waals surface area contributed by atoms with Gasteiger partial charge in [0, 0.05) is 35.7 Å². The highest BCUT2D eigenvalue weighted by atomic mass is 16.5. The quantitative estimate of drug-likeness (QED) is 0.500. The number of aromatic nitrogens is 2. The molecule has 2 aliphatic rings. The van der Waals surface area contributed by atoms with E-state index in [2.05, 4.69) is 24.3 Å². The minimum atomic E-state index is 0.0826. The molecule has 4 aromatic rings. The van der Waals surface area contributed by atoms with Crippen molar-refractivity contribution in [3.05, 3.63) is 94.7 Å². The van der Waals surface area contributed by atoms with Crippen molar-refractivity contribution >= 4 is 27.2 Å². The molecule has 4 nitrogen and oxygen atoms in total. The minimum Gasteiger partial charge on any atom is -0.501 e. The summed E-state index contributed by atoms with van der Waals surface area (Å²) >= 11 is 0. The first-order valence-corrected chi connectivity index (χ1v) is 10.1. The van der Waals surface area contributed by atoms with Gasteiger partial charge in [-0.05, 0) is 41.1 Å². The molecule has 2 aromatic carbocycles. The average Bonchev–Trinajstić information content (AvgIpc) is 3.36. The molecule has 0 radical (unpaired) electrons. The van der Waals surface area contributed by atoms with Crippen LogP contribution in [-0.4, -0.2) is 16.2 Å². The van der Waals surface area contributed by atoms with Gasteiger partial charge in [0.1, 0.15) is 0 Å². The standard InChI is InChI=1S/C25H20N2O2/c28-25-24-17(5-3-6-19(24)18-11-13-29-15-18)10-12-27(25)23-14-20(23)22-9-8-16-4-1-2-7-21(16)26-22/h1-10,12,15,20,23H,11,13-14H2/t20-,23+/m0/s1. The minimum absolute atomic E-state index is 0.0826. The molecule has 0 spiro atoms. The Kier molecular flexibility index (Phi) is 3.60. The summed E-state index contributed by atoms with van der Waals surface area (Å²) in [7, 11) is 0. The Hall–Kier alpha value is -3.40. The molecule has 0 amide bonds. The van der Waals surface area contributed by atoms with E-state index in [1.807, 2.05) is 47.2 Å². The molecule has 1 aliphatic carbocycles. The van der Waals surface area contributed by atoms with Crippen molar-refractivity contribution in [2.45, 2.75) is 24.8 Å². The molecule has 1 aliphatic heterocycles. The van der Waals surface area contributed by atoms with Crippen LogP contribution in [0.5, 0.6) is 0 Å². The second kappa shape index (κ2) is 6.31. The summed E-state index contributed by atoms with van der Waals surface area (Å²) in [6.07, 6.45) is 5.54. The van der Waals surface area contributed by atoms with Gasteiger partial charge in [0.25, 0.3) is 5.56 Å². The number of hydrogen-bond acceptors (Lipinski definition) is 3. The predicted molar refractivity (Wildman–Crippen MR) is 115 cm³/mol. The molecule has 0 N–H and O–H groups in total. The van der Waals surface area contributed by atoms with Gasteiger partial charge in [-0.2, -0.15) is 0 Å². The molecule has 2 aromatic heterocycles. The summed E-state index contributed by atoms with van der Waals surface area (Å²) in [5, 5.41) is 2.93. The number of hydrogen-bond donors (Lipinski definition) is 0. The van der Waals surface area contributed by atoms with E-state index in [-0.39, 0.29) is 17.5 Å². The van der Waals surface area contributed by atoms with Gasteiger partial charge in [-0.1, -0.05) is 42.5 Å². The summed E-state index contributed by atoms with van der Waals surface area (Å²) in [6.45, 7) is 0.686. The summed E-state index contributed by atoms with van der Waals surface area (Å²) < 4.78 is 7.33. The Labute approximate surface area is 168 Å². The van der Waals surface area contributed by atoms with Crippen LogP contribution in [-0.2, 0) is 4.74 Å². The van der Waals surface area contributed by atoms with Gasteiger partial charge in [-0.25, -0.2) is 0 Å². The van der Waals surface area contributed by atoms with Crippen molar-refractivity contribution in [1.29, 1.82) is 0 Å². The second-order valence-corrected chi connectivity index (χ2v) is 7.90. The Bertz CT molecular complexity index is 1350. The zero-order chi connectivity index (χ0) is 19.4. The van der Waals surface area contributed by atoms with E-state index < -0.39 is 0 Å². The number of benzene rings is 2. The fourth-order valence-corrected chi connectivity index (χ4v) is 4.51. The van der Waals surface area contributed by atoms with Gasteiger partial charge in [0.05, 0.1) is 23.8 Å². The zero-order valence-electron chi connectivity index (χ0n) is 15.9. The maximum atomic E-state index is 13.5. The maximum Gasteiger partial charge on any atom is 0.259 e. The highest BCUT2D eigenvalue weighted by molar-refractivity contribution is 5.93. The van der Waals surface area contributed by atoms with Gasteiger partial charge in [-0.3, -0.25) is 9.78 Å². The van der Waals surface area contributed by atoms with Crippen LogP contribution >= 0.6 is 0 Å². The third-order valence-electron chi connectivity index (χ3n) is 6.13. The highest BCUT2D eigenvalue weighted by Crippen LogP contribution is 2.50. The van der Waals surface area contributed by atoms with E-state index in [0.717, 1.165) is 51.3 Å². The Morgan fingerprint density at radius 3 is 2.76 bits per heavy atom. The molecular weight excluding hydrogens is 360 g/mol. The highest BCUT2D eigenvalue weighted by Gasteiger charge is 2.41. The van der Waals surface area contributed by atoms with Crippen LogP contribution in [0.2, 0.25) is 0 Å². The SMILES string of the molecule is O=c1c2c(C3=COCC3)cccc2ccn1[C@@H]1C[C@H]1c1ccc2ccccc2n1. The number of fused-ring (bicyclic) bond motifs is 2. The van der Waals surface area contributed by atoms with Crippen LogP contribution in [0.15, 0.2) is 77.9 Å². The molecule has 2 atom stereocenters.